The summed E-state index contributed by atoms with van der Waals surface area (Å²) >= 11 is 0. The Bertz CT molecular complexity index is 1550. The Morgan fingerprint density at radius 2 is 1.55 bits per heavy atom. The smallest absolute Gasteiger partial charge is 0.408 e. The lowest BCUT2D eigenvalue weighted by Gasteiger charge is -2.70. The van der Waals surface area contributed by atoms with Crippen molar-refractivity contribution in [1.29, 1.82) is 0 Å². The molecular weight excluding hydrogens is 695 g/mol. The maximum Gasteiger partial charge on any atom is 0.408 e. The van der Waals surface area contributed by atoms with Gasteiger partial charge in [-0.05, 0) is 152 Å². The second-order valence-electron chi connectivity index (χ2n) is 21.5. The van der Waals surface area contributed by atoms with E-state index in [4.69, 9.17) is 18.9 Å². The van der Waals surface area contributed by atoms with Crippen LogP contribution in [0.4, 0.5) is 4.79 Å². The van der Waals surface area contributed by atoms with Crippen LogP contribution in [0.15, 0.2) is 30.3 Å². The van der Waals surface area contributed by atoms with E-state index in [9.17, 15) is 19.8 Å². The van der Waals surface area contributed by atoms with E-state index in [0.29, 0.717) is 12.3 Å². The summed E-state index contributed by atoms with van der Waals surface area (Å²) in [5.41, 5.74) is -1.41. The Balaban J connectivity index is 1.19. The number of carbonyl (C=O) groups excluding carboxylic acids is 2. The van der Waals surface area contributed by atoms with Gasteiger partial charge in [0.25, 0.3) is 0 Å². The minimum atomic E-state index is -1.05. The van der Waals surface area contributed by atoms with Crippen molar-refractivity contribution in [2.45, 2.75) is 195 Å². The first-order valence-electron chi connectivity index (χ1n) is 21.3. The quantitative estimate of drug-likeness (QED) is 0.213. The summed E-state index contributed by atoms with van der Waals surface area (Å²) in [4.78, 5) is 27.2. The molecule has 9 nitrogen and oxygen atoms in total. The van der Waals surface area contributed by atoms with Crippen LogP contribution in [0.25, 0.3) is 0 Å². The Morgan fingerprint density at radius 1 is 0.891 bits per heavy atom. The molecule has 1 aromatic carbocycles. The van der Waals surface area contributed by atoms with Gasteiger partial charge in [0.15, 0.2) is 6.04 Å². The zero-order valence-corrected chi connectivity index (χ0v) is 36.0. The number of benzene rings is 1. The van der Waals surface area contributed by atoms with Crippen molar-refractivity contribution in [2.75, 3.05) is 0 Å². The lowest BCUT2D eigenvalue weighted by atomic mass is 9.35. The number of alkyl carbamates (subject to hydrolysis) is 1. The molecular formula is C46H73NO8. The van der Waals surface area contributed by atoms with Gasteiger partial charge in [0.2, 0.25) is 0 Å². The van der Waals surface area contributed by atoms with Crippen molar-refractivity contribution in [3.63, 3.8) is 0 Å². The van der Waals surface area contributed by atoms with Gasteiger partial charge < -0.3 is 34.5 Å². The average Bonchev–Trinajstić information content (AvgIpc) is 3.67. The number of fused-ring (bicyclic) bond motifs is 5. The normalized spacial score (nSPS) is 40.9. The van der Waals surface area contributed by atoms with Gasteiger partial charge in [0, 0.05) is 5.41 Å². The highest BCUT2D eigenvalue weighted by molar-refractivity contribution is 5.82. The molecule has 55 heavy (non-hydrogen) atoms. The highest BCUT2D eigenvalue weighted by Crippen LogP contribution is 2.76. The number of rotatable bonds is 9. The fraction of sp³-hybridized carbons (Fsp3) is 0.826. The van der Waals surface area contributed by atoms with Crippen molar-refractivity contribution < 1.29 is 38.7 Å². The highest BCUT2D eigenvalue weighted by atomic mass is 16.6. The van der Waals surface area contributed by atoms with Crippen LogP contribution in [0.1, 0.15) is 146 Å². The number of hydrogen-bond donors (Lipinski definition) is 3. The predicted octanol–water partition coefficient (Wildman–Crippen LogP) is 8.76. The molecule has 6 rings (SSSR count). The molecule has 0 spiro atoms. The number of carbonyl (C=O) groups is 2. The molecule has 4 aliphatic carbocycles. The molecule has 1 saturated heterocycles. The van der Waals surface area contributed by atoms with E-state index in [1.54, 1.807) is 27.7 Å². The number of hydrogen-bond acceptors (Lipinski definition) is 8. The van der Waals surface area contributed by atoms with E-state index >= 15 is 0 Å². The number of aliphatic hydroxyl groups excluding tert-OH is 1. The molecule has 13 atom stereocenters. The van der Waals surface area contributed by atoms with E-state index in [1.165, 1.54) is 0 Å². The van der Waals surface area contributed by atoms with E-state index < -0.39 is 41.5 Å². The molecule has 1 aromatic rings. The SMILES string of the molecule is C[C@@H](OCc1ccccc1)[C@H](NC(=O)OC(C)(C)C)C(=O)O[C@H]1CC[C@]2(C)[C@H]3C[C@@H](O)[C@@H]4[C@@H]([C@]5(C)CC[C@H](C(C)(C)O)O5)CC[C@@]4(C)[C@]3(C)CC[C@H]2C1(C)C. The van der Waals surface area contributed by atoms with Gasteiger partial charge in [0.05, 0.1) is 36.1 Å². The molecule has 9 heteroatoms. The van der Waals surface area contributed by atoms with Crippen LogP contribution in [0.5, 0.6) is 0 Å². The number of ether oxygens (including phenoxy) is 4. The van der Waals surface area contributed by atoms with Crippen LogP contribution < -0.4 is 5.32 Å². The third kappa shape index (κ3) is 7.62. The first-order chi connectivity index (χ1) is 25.4. The fourth-order valence-electron chi connectivity index (χ4n) is 13.2. The third-order valence-electron chi connectivity index (χ3n) is 16.2. The predicted molar refractivity (Wildman–Crippen MR) is 213 cm³/mol. The van der Waals surface area contributed by atoms with E-state index in [-0.39, 0.29) is 63.8 Å². The van der Waals surface area contributed by atoms with Crippen molar-refractivity contribution in [3.05, 3.63) is 35.9 Å². The van der Waals surface area contributed by atoms with Crippen LogP contribution in [0.2, 0.25) is 0 Å². The van der Waals surface area contributed by atoms with Crippen LogP contribution in [0.3, 0.4) is 0 Å². The largest absolute Gasteiger partial charge is 0.460 e. The van der Waals surface area contributed by atoms with Crippen LogP contribution in [-0.2, 0) is 30.3 Å². The van der Waals surface area contributed by atoms with Gasteiger partial charge in [-0.3, -0.25) is 0 Å². The van der Waals surface area contributed by atoms with Crippen LogP contribution in [0, 0.1) is 45.3 Å². The van der Waals surface area contributed by atoms with Crippen molar-refractivity contribution in [1.82, 2.24) is 5.32 Å². The fourth-order valence-corrected chi connectivity index (χ4v) is 13.2. The molecule has 4 saturated carbocycles. The minimum Gasteiger partial charge on any atom is -0.460 e. The van der Waals surface area contributed by atoms with E-state index in [0.717, 1.165) is 56.9 Å². The van der Waals surface area contributed by atoms with Crippen molar-refractivity contribution in [3.8, 4) is 0 Å². The van der Waals surface area contributed by atoms with Gasteiger partial charge in [-0.2, -0.15) is 0 Å². The Hall–Kier alpha value is -2.20. The molecule has 1 aliphatic heterocycles. The molecule has 0 aromatic heterocycles. The maximum atomic E-state index is 14.2. The molecule has 1 heterocycles. The van der Waals surface area contributed by atoms with Gasteiger partial charge in [0.1, 0.15) is 11.7 Å². The molecule has 5 fully saturated rings. The van der Waals surface area contributed by atoms with Crippen LogP contribution >= 0.6 is 0 Å². The molecule has 3 N–H and O–H groups in total. The molecule has 5 aliphatic rings. The summed E-state index contributed by atoms with van der Waals surface area (Å²) in [7, 11) is 0. The molecule has 0 bridgehead atoms. The average molecular weight is 768 g/mol. The Morgan fingerprint density at radius 3 is 2.16 bits per heavy atom. The van der Waals surface area contributed by atoms with Crippen LogP contribution in [-0.4, -0.2) is 69.5 Å². The van der Waals surface area contributed by atoms with E-state index in [1.807, 2.05) is 44.2 Å². The topological polar surface area (TPSA) is 124 Å². The summed E-state index contributed by atoms with van der Waals surface area (Å²) in [5, 5.41) is 25.9. The zero-order valence-electron chi connectivity index (χ0n) is 36.0. The second kappa shape index (κ2) is 14.6. The zero-order chi connectivity index (χ0) is 40.6. The monoisotopic (exact) mass is 768 g/mol. The number of esters is 1. The lowest BCUT2D eigenvalue weighted by Crippen LogP contribution is -2.67. The summed E-state index contributed by atoms with van der Waals surface area (Å²) < 4.78 is 25.0. The third-order valence-corrected chi connectivity index (χ3v) is 16.2. The van der Waals surface area contributed by atoms with Gasteiger partial charge in [-0.25, -0.2) is 9.59 Å². The van der Waals surface area contributed by atoms with Crippen molar-refractivity contribution in [2.24, 2.45) is 45.3 Å². The Labute approximate surface area is 331 Å². The molecule has 310 valence electrons. The van der Waals surface area contributed by atoms with Crippen molar-refractivity contribution >= 4 is 12.1 Å². The summed E-state index contributed by atoms with van der Waals surface area (Å²) in [6.45, 7) is 25.4. The standard InChI is InChI=1S/C46H73NO8/c1-28(52-27-29-16-14-13-15-17-29)37(47-39(50)55-40(2,3)4)38(49)53-34-20-22-43(9)32(41(34,5)6)19-24-44(10)33(43)26-31(48)36-30(18-23-45(36,44)11)46(12)25-21-35(54-46)42(7,8)51/h13-17,28,30-37,48,51H,18-27H2,1-12H3,(H,47,50)/t28-,30+,31-,32+,33-,34+,35-,36+,37+,43+,44-,45-,46+/m1/s1. The number of amides is 1. The maximum absolute atomic E-state index is 14.2. The molecule has 0 unspecified atom stereocenters. The van der Waals surface area contributed by atoms with E-state index in [2.05, 4.69) is 46.9 Å². The van der Waals surface area contributed by atoms with Gasteiger partial charge in [-0.15, -0.1) is 0 Å². The minimum absolute atomic E-state index is 0.0368. The lowest BCUT2D eigenvalue weighted by molar-refractivity contribution is -0.251. The number of nitrogens with one attached hydrogen (secondary N) is 1. The first-order valence-corrected chi connectivity index (χ1v) is 21.3. The summed E-state index contributed by atoms with van der Waals surface area (Å²) in [6.07, 6.45) is 5.99. The molecule has 1 amide bonds. The second-order valence-corrected chi connectivity index (χ2v) is 21.5. The first kappa shape index (κ1) is 42.4. The highest BCUT2D eigenvalue weighted by Gasteiger charge is 2.72. The number of aliphatic hydroxyl groups is 2. The van der Waals surface area contributed by atoms with Gasteiger partial charge in [-0.1, -0.05) is 65.0 Å². The summed E-state index contributed by atoms with van der Waals surface area (Å²) in [6, 6.07) is 8.71. The molecule has 0 radical (unpaired) electrons. The van der Waals surface area contributed by atoms with Gasteiger partial charge >= 0.3 is 12.1 Å². The summed E-state index contributed by atoms with van der Waals surface area (Å²) in [5.74, 6) is 0.477. The Kier molecular flexibility index (Phi) is 11.2.